The Morgan fingerprint density at radius 1 is 1.03 bits per heavy atom. The number of H-pyrrole nitrogens is 1. The van der Waals surface area contributed by atoms with Crippen molar-refractivity contribution in [2.45, 2.75) is 25.2 Å². The first-order valence-electron chi connectivity index (χ1n) is 8.94. The van der Waals surface area contributed by atoms with Crippen LogP contribution in [-0.2, 0) is 21.4 Å². The molecule has 0 bridgehead atoms. The lowest BCUT2D eigenvalue weighted by atomic mass is 9.93. The van der Waals surface area contributed by atoms with Crippen molar-refractivity contribution in [3.8, 4) is 0 Å². The zero-order chi connectivity index (χ0) is 22.8. The van der Waals surface area contributed by atoms with Gasteiger partial charge in [0, 0.05) is 17.9 Å². The average Bonchev–Trinajstić information content (AvgIpc) is 3.14. The SMILES string of the molecule is CC(=O)NC(CC(=O)O)(NC(=O)c1ccc2cn[nH]c2c1)c1ccc(C(F)(F)F)cc1. The topological polar surface area (TPSA) is 124 Å². The summed E-state index contributed by atoms with van der Waals surface area (Å²) in [6.45, 7) is 1.10. The molecule has 3 aromatic rings. The van der Waals surface area contributed by atoms with E-state index in [2.05, 4.69) is 20.8 Å². The number of alkyl halides is 3. The van der Waals surface area contributed by atoms with Gasteiger partial charge in [-0.25, -0.2) is 0 Å². The number of hydrogen-bond acceptors (Lipinski definition) is 4. The summed E-state index contributed by atoms with van der Waals surface area (Å²) in [6.07, 6.45) is -3.87. The molecule has 0 saturated carbocycles. The molecule has 1 atom stereocenters. The third-order valence-electron chi connectivity index (χ3n) is 4.54. The summed E-state index contributed by atoms with van der Waals surface area (Å²) < 4.78 is 38.8. The number of rotatable bonds is 6. The van der Waals surface area contributed by atoms with E-state index in [0.29, 0.717) is 5.52 Å². The lowest BCUT2D eigenvalue weighted by molar-refractivity contribution is -0.140. The number of halogens is 3. The van der Waals surface area contributed by atoms with Gasteiger partial charge >= 0.3 is 12.1 Å². The molecule has 8 nitrogen and oxygen atoms in total. The molecule has 4 N–H and O–H groups in total. The van der Waals surface area contributed by atoms with Crippen LogP contribution in [0.1, 0.15) is 34.8 Å². The first kappa shape index (κ1) is 21.8. The second-order valence-corrected chi connectivity index (χ2v) is 6.86. The number of nitrogens with one attached hydrogen (secondary N) is 3. The number of aliphatic carboxylic acids is 1. The molecule has 1 heterocycles. The van der Waals surface area contributed by atoms with Crippen LogP contribution in [0.15, 0.2) is 48.7 Å². The largest absolute Gasteiger partial charge is 0.481 e. The fraction of sp³-hybridized carbons (Fsp3) is 0.200. The molecule has 3 rings (SSSR count). The maximum atomic E-state index is 12.9. The van der Waals surface area contributed by atoms with Gasteiger partial charge in [-0.05, 0) is 29.8 Å². The van der Waals surface area contributed by atoms with E-state index in [1.54, 1.807) is 12.3 Å². The number of amides is 2. The number of carboxylic acids is 1. The first-order valence-corrected chi connectivity index (χ1v) is 8.94. The molecular formula is C20H17F3N4O4. The predicted molar refractivity (Wildman–Crippen MR) is 103 cm³/mol. The van der Waals surface area contributed by atoms with E-state index < -0.39 is 41.6 Å². The predicted octanol–water partition coefficient (Wildman–Crippen LogP) is 2.78. The highest BCUT2D eigenvalue weighted by Gasteiger charge is 2.39. The summed E-state index contributed by atoms with van der Waals surface area (Å²) in [5.41, 5.74) is -2.30. The highest BCUT2D eigenvalue weighted by atomic mass is 19.4. The van der Waals surface area contributed by atoms with Crippen LogP contribution in [0.4, 0.5) is 13.2 Å². The van der Waals surface area contributed by atoms with E-state index >= 15 is 0 Å². The van der Waals surface area contributed by atoms with E-state index in [1.807, 2.05) is 0 Å². The Kier molecular flexibility index (Phi) is 5.69. The Morgan fingerprint density at radius 3 is 2.26 bits per heavy atom. The zero-order valence-electron chi connectivity index (χ0n) is 16.1. The molecule has 2 amide bonds. The van der Waals surface area contributed by atoms with Gasteiger partial charge in [0.25, 0.3) is 5.91 Å². The van der Waals surface area contributed by atoms with Crippen molar-refractivity contribution in [2.75, 3.05) is 0 Å². The van der Waals surface area contributed by atoms with Crippen LogP contribution < -0.4 is 10.6 Å². The number of fused-ring (bicyclic) bond motifs is 1. The summed E-state index contributed by atoms with van der Waals surface area (Å²) in [4.78, 5) is 36.3. The van der Waals surface area contributed by atoms with Crippen molar-refractivity contribution in [3.63, 3.8) is 0 Å². The van der Waals surface area contributed by atoms with Gasteiger partial charge in [0.2, 0.25) is 5.91 Å². The lowest BCUT2D eigenvalue weighted by Gasteiger charge is -2.35. The molecule has 162 valence electrons. The van der Waals surface area contributed by atoms with Gasteiger partial charge in [0.15, 0.2) is 0 Å². The van der Waals surface area contributed by atoms with Crippen LogP contribution in [0.2, 0.25) is 0 Å². The molecular weight excluding hydrogens is 417 g/mol. The monoisotopic (exact) mass is 434 g/mol. The van der Waals surface area contributed by atoms with E-state index in [1.165, 1.54) is 12.1 Å². The quantitative estimate of drug-likeness (QED) is 0.444. The number of aromatic amines is 1. The van der Waals surface area contributed by atoms with Crippen LogP contribution in [0.25, 0.3) is 10.9 Å². The van der Waals surface area contributed by atoms with Gasteiger partial charge < -0.3 is 15.7 Å². The number of carbonyl (C=O) groups is 3. The lowest BCUT2D eigenvalue weighted by Crippen LogP contribution is -2.58. The van der Waals surface area contributed by atoms with Crippen molar-refractivity contribution < 1.29 is 32.7 Å². The zero-order valence-corrected chi connectivity index (χ0v) is 16.1. The smallest absolute Gasteiger partial charge is 0.416 e. The number of aromatic nitrogens is 2. The number of carboxylic acid groups (broad SMARTS) is 1. The molecule has 0 aliphatic rings. The van der Waals surface area contributed by atoms with Crippen LogP contribution in [0.5, 0.6) is 0 Å². The second kappa shape index (κ2) is 8.09. The number of carbonyl (C=O) groups excluding carboxylic acids is 2. The molecule has 31 heavy (non-hydrogen) atoms. The summed E-state index contributed by atoms with van der Waals surface area (Å²) >= 11 is 0. The van der Waals surface area contributed by atoms with E-state index in [0.717, 1.165) is 36.6 Å². The Bertz CT molecular complexity index is 1120. The third kappa shape index (κ3) is 4.82. The molecule has 0 aliphatic carbocycles. The average molecular weight is 434 g/mol. The molecule has 0 aliphatic heterocycles. The maximum absolute atomic E-state index is 12.9. The first-order chi connectivity index (χ1) is 14.5. The second-order valence-electron chi connectivity index (χ2n) is 6.86. The summed E-state index contributed by atoms with van der Waals surface area (Å²) in [5.74, 6) is -2.82. The van der Waals surface area contributed by atoms with Crippen molar-refractivity contribution in [2.24, 2.45) is 0 Å². The standard InChI is InChI=1S/C20H17F3N4O4/c1-11(28)25-19(9-17(29)30,14-4-6-15(7-5-14)20(21,22)23)26-18(31)12-2-3-13-10-24-27-16(13)8-12/h2-8,10H,9H2,1H3,(H,24,27)(H,25,28)(H,26,31)(H,29,30). The minimum atomic E-state index is -4.61. The summed E-state index contributed by atoms with van der Waals surface area (Å²) in [7, 11) is 0. The van der Waals surface area contributed by atoms with Crippen LogP contribution in [-0.4, -0.2) is 33.1 Å². The normalized spacial score (nSPS) is 13.4. The fourth-order valence-corrected chi connectivity index (χ4v) is 3.18. The highest BCUT2D eigenvalue weighted by Crippen LogP contribution is 2.31. The van der Waals surface area contributed by atoms with Crippen molar-refractivity contribution in [1.29, 1.82) is 0 Å². The van der Waals surface area contributed by atoms with Crippen LogP contribution in [0, 0.1) is 0 Å². The van der Waals surface area contributed by atoms with E-state index in [-0.39, 0.29) is 11.1 Å². The minimum absolute atomic E-state index is 0.0333. The van der Waals surface area contributed by atoms with Crippen molar-refractivity contribution in [1.82, 2.24) is 20.8 Å². The summed E-state index contributed by atoms with van der Waals surface area (Å²) in [6, 6.07) is 8.08. The molecule has 2 aromatic carbocycles. The van der Waals surface area contributed by atoms with Crippen molar-refractivity contribution in [3.05, 3.63) is 65.4 Å². The number of hydrogen-bond donors (Lipinski definition) is 4. The van der Waals surface area contributed by atoms with Gasteiger partial charge in [0.1, 0.15) is 5.66 Å². The van der Waals surface area contributed by atoms with Crippen LogP contribution >= 0.6 is 0 Å². The molecule has 1 aromatic heterocycles. The molecule has 0 spiro atoms. The van der Waals surface area contributed by atoms with E-state index in [4.69, 9.17) is 0 Å². The molecule has 0 saturated heterocycles. The van der Waals surface area contributed by atoms with Crippen LogP contribution in [0.3, 0.4) is 0 Å². The molecule has 1 unspecified atom stereocenters. The van der Waals surface area contributed by atoms with Gasteiger partial charge in [0.05, 0.1) is 23.7 Å². The van der Waals surface area contributed by atoms with Gasteiger partial charge in [-0.2, -0.15) is 18.3 Å². The maximum Gasteiger partial charge on any atom is 0.416 e. The molecule has 11 heteroatoms. The minimum Gasteiger partial charge on any atom is -0.481 e. The Morgan fingerprint density at radius 2 is 1.68 bits per heavy atom. The third-order valence-corrected chi connectivity index (χ3v) is 4.54. The number of nitrogens with zero attached hydrogens (tertiary/aromatic N) is 1. The van der Waals surface area contributed by atoms with Gasteiger partial charge in [-0.3, -0.25) is 19.5 Å². The Hall–Kier alpha value is -3.89. The fourth-order valence-electron chi connectivity index (χ4n) is 3.18. The van der Waals surface area contributed by atoms with Gasteiger partial charge in [-0.15, -0.1) is 0 Å². The highest BCUT2D eigenvalue weighted by molar-refractivity contribution is 5.98. The summed E-state index contributed by atoms with van der Waals surface area (Å²) in [5, 5.41) is 21.5. The molecule has 0 radical (unpaired) electrons. The van der Waals surface area contributed by atoms with Gasteiger partial charge in [-0.1, -0.05) is 18.2 Å². The Balaban J connectivity index is 2.04. The Labute approximate surface area is 173 Å². The number of benzene rings is 2. The van der Waals surface area contributed by atoms with E-state index in [9.17, 15) is 32.7 Å². The molecule has 0 fully saturated rings. The van der Waals surface area contributed by atoms with Crippen molar-refractivity contribution >= 4 is 28.7 Å².